The zero-order chi connectivity index (χ0) is 64.4. The van der Waals surface area contributed by atoms with E-state index in [4.69, 9.17) is 61.3 Å². The molecule has 3 amide bonds. The molecule has 0 fully saturated rings. The van der Waals surface area contributed by atoms with Crippen LogP contribution in [0.15, 0.2) is 28.7 Å². The van der Waals surface area contributed by atoms with Gasteiger partial charge in [0.1, 0.15) is 19.0 Å². The van der Waals surface area contributed by atoms with E-state index in [1.54, 1.807) is 11.8 Å². The van der Waals surface area contributed by atoms with Crippen LogP contribution in [-0.4, -0.2) is 211 Å². The number of aryl methyl sites for hydroxylation is 1. The number of hydrogen-bond donors (Lipinski definition) is 2. The first-order valence-electron chi connectivity index (χ1n) is 35.1. The number of unbranched alkanes of at least 4 members (excludes halogenated alkanes) is 24. The highest BCUT2D eigenvalue weighted by Crippen LogP contribution is 2.21. The Bertz CT molecular complexity index is 1800. The van der Waals surface area contributed by atoms with E-state index in [1.165, 1.54) is 141 Å². The van der Waals surface area contributed by atoms with Crippen molar-refractivity contribution in [2.75, 3.05) is 178 Å². The Balaban J connectivity index is 1.48. The molecule has 1 aromatic carbocycles. The largest absolute Gasteiger partial charge is 0.491 e. The van der Waals surface area contributed by atoms with Crippen molar-refractivity contribution in [1.29, 1.82) is 0 Å². The highest BCUT2D eigenvalue weighted by Gasteiger charge is 2.14. The molecule has 0 saturated heterocycles. The first-order chi connectivity index (χ1) is 44.4. The third-order valence-electron chi connectivity index (χ3n) is 14.8. The second-order valence-corrected chi connectivity index (χ2v) is 22.7. The molecule has 2 rings (SSSR count). The minimum Gasteiger partial charge on any atom is -0.491 e. The second-order valence-electron chi connectivity index (χ2n) is 22.7. The molecule has 522 valence electrons. The van der Waals surface area contributed by atoms with Gasteiger partial charge >= 0.3 is 0 Å². The molecule has 90 heavy (non-hydrogen) atoms. The molecule has 21 heteroatoms. The van der Waals surface area contributed by atoms with Crippen molar-refractivity contribution in [3.05, 3.63) is 30.2 Å². The number of nitrogens with one attached hydrogen (secondary N) is 2. The van der Waals surface area contributed by atoms with Crippen LogP contribution in [0.4, 0.5) is 0 Å². The zero-order valence-electron chi connectivity index (χ0n) is 56.6. The SMILES string of the molecule is CCCCCCCCCCCCCCCC(=O)NCCOCCOCCOCCOCCN(CCOCCOCCOCCOCCNC(=O)CCCCCCCCCCCCCCC)C(=O)COCCOCCOCCOc1ccc(-c2nnc(C)o2)cc1. The van der Waals surface area contributed by atoms with Crippen molar-refractivity contribution in [1.82, 2.24) is 25.7 Å². The van der Waals surface area contributed by atoms with Crippen molar-refractivity contribution in [2.24, 2.45) is 0 Å². The van der Waals surface area contributed by atoms with Gasteiger partial charge in [-0.05, 0) is 37.1 Å². The summed E-state index contributed by atoms with van der Waals surface area (Å²) in [4.78, 5) is 39.3. The van der Waals surface area contributed by atoms with Gasteiger partial charge in [0.25, 0.3) is 0 Å². The van der Waals surface area contributed by atoms with E-state index in [2.05, 4.69) is 34.7 Å². The number of benzene rings is 1. The quantitative estimate of drug-likeness (QED) is 0.0587. The van der Waals surface area contributed by atoms with Gasteiger partial charge in [0.2, 0.25) is 29.5 Å². The molecule has 1 aromatic heterocycles. The standard InChI is InChI=1S/C69H125N5O16/c1-4-6-8-10-12-14-16-18-20-22-24-26-28-30-66(75)70-36-40-78-44-48-82-52-54-84-50-46-80-42-38-74(68(77)62-88-59-58-86-56-57-87-60-61-89-65-34-32-64(33-35-65)69-73-72-63(3)90-69)39-43-81-47-51-85-55-53-83-49-45-79-41-37-71-67(76)31-29-27-25-23-21-19-17-15-13-11-9-7-5-2/h32-35H,4-31,36-62H2,1-3H3,(H,70,75)(H,71,76). The molecule has 0 radical (unpaired) electrons. The third kappa shape index (κ3) is 54.7. The first-order valence-corrected chi connectivity index (χ1v) is 35.1. The molecule has 0 aliphatic carbocycles. The normalized spacial score (nSPS) is 11.5. The summed E-state index contributed by atoms with van der Waals surface area (Å²) in [6.07, 6.45) is 34.7. The molecule has 0 unspecified atom stereocenters. The summed E-state index contributed by atoms with van der Waals surface area (Å²) in [6, 6.07) is 7.41. The summed E-state index contributed by atoms with van der Waals surface area (Å²) in [6.45, 7) is 16.4. The summed E-state index contributed by atoms with van der Waals surface area (Å²) in [5, 5.41) is 13.8. The average molecular weight is 1280 g/mol. The summed E-state index contributed by atoms with van der Waals surface area (Å²) in [7, 11) is 0. The average Bonchev–Trinajstić information content (AvgIpc) is 3.09. The van der Waals surface area contributed by atoms with E-state index in [-0.39, 0.29) is 30.9 Å². The summed E-state index contributed by atoms with van der Waals surface area (Å²) < 4.78 is 73.5. The number of aromatic nitrogens is 2. The Morgan fingerprint density at radius 2 is 0.689 bits per heavy atom. The van der Waals surface area contributed by atoms with Crippen LogP contribution in [0, 0.1) is 6.92 Å². The first kappa shape index (κ1) is 82.2. The smallest absolute Gasteiger partial charge is 0.248 e. The fourth-order valence-electron chi connectivity index (χ4n) is 9.56. The van der Waals surface area contributed by atoms with Crippen LogP contribution in [0.3, 0.4) is 0 Å². The molecule has 2 N–H and O–H groups in total. The van der Waals surface area contributed by atoms with Crippen LogP contribution in [0.2, 0.25) is 0 Å². The predicted octanol–water partition coefficient (Wildman–Crippen LogP) is 11.6. The number of carbonyl (C=O) groups is 3. The van der Waals surface area contributed by atoms with Gasteiger partial charge in [-0.3, -0.25) is 14.4 Å². The lowest BCUT2D eigenvalue weighted by Crippen LogP contribution is -2.39. The molecule has 0 spiro atoms. The Hall–Kier alpha value is -3.87. The fourth-order valence-corrected chi connectivity index (χ4v) is 9.56. The monoisotopic (exact) mass is 1280 g/mol. The second kappa shape index (κ2) is 65.2. The predicted molar refractivity (Wildman–Crippen MR) is 352 cm³/mol. The molecule has 0 atom stereocenters. The van der Waals surface area contributed by atoms with E-state index in [1.807, 2.05) is 24.3 Å². The fraction of sp³-hybridized carbons (Fsp3) is 0.841. The highest BCUT2D eigenvalue weighted by molar-refractivity contribution is 5.77. The number of carbonyl (C=O) groups excluding carboxylic acids is 3. The lowest BCUT2D eigenvalue weighted by atomic mass is 10.0. The molecule has 21 nitrogen and oxygen atoms in total. The van der Waals surface area contributed by atoms with Crippen molar-refractivity contribution in [3.8, 4) is 17.2 Å². The topological polar surface area (TPSA) is 228 Å². The Morgan fingerprint density at radius 1 is 0.378 bits per heavy atom. The maximum atomic E-state index is 13.2. The summed E-state index contributed by atoms with van der Waals surface area (Å²) in [5.41, 5.74) is 0.818. The number of hydrogen-bond acceptors (Lipinski definition) is 18. The molecule has 0 bridgehead atoms. The lowest BCUT2D eigenvalue weighted by molar-refractivity contribution is -0.138. The van der Waals surface area contributed by atoms with Crippen LogP contribution in [0.1, 0.15) is 200 Å². The van der Waals surface area contributed by atoms with Crippen molar-refractivity contribution < 1.29 is 75.6 Å². The minimum atomic E-state index is -0.186. The van der Waals surface area contributed by atoms with Crippen LogP contribution in [-0.2, 0) is 66.5 Å². The van der Waals surface area contributed by atoms with Crippen molar-refractivity contribution >= 4 is 17.7 Å². The molecule has 0 saturated carbocycles. The van der Waals surface area contributed by atoms with Crippen LogP contribution in [0.25, 0.3) is 11.5 Å². The summed E-state index contributed by atoms with van der Waals surface area (Å²) in [5.74, 6) is 1.68. The molecule has 2 aromatic rings. The molecule has 0 aliphatic heterocycles. The third-order valence-corrected chi connectivity index (χ3v) is 14.8. The van der Waals surface area contributed by atoms with Gasteiger partial charge in [-0.1, -0.05) is 168 Å². The number of amides is 3. The van der Waals surface area contributed by atoms with Gasteiger partial charge in [-0.2, -0.15) is 0 Å². The maximum Gasteiger partial charge on any atom is 0.248 e. The van der Waals surface area contributed by atoms with Gasteiger partial charge in [-0.15, -0.1) is 10.2 Å². The Morgan fingerprint density at radius 3 is 1.03 bits per heavy atom. The molecular weight excluding hydrogens is 1150 g/mol. The number of nitrogens with zero attached hydrogens (tertiary/aromatic N) is 3. The Labute approximate surface area is 543 Å². The van der Waals surface area contributed by atoms with E-state index in [0.717, 1.165) is 31.2 Å². The van der Waals surface area contributed by atoms with Gasteiger partial charge in [0, 0.05) is 51.5 Å². The molecular formula is C69H125N5O16. The van der Waals surface area contributed by atoms with Crippen LogP contribution in [0.5, 0.6) is 5.75 Å². The van der Waals surface area contributed by atoms with Crippen molar-refractivity contribution in [3.63, 3.8) is 0 Å². The molecule has 1 heterocycles. The van der Waals surface area contributed by atoms with Crippen molar-refractivity contribution in [2.45, 2.75) is 201 Å². The van der Waals surface area contributed by atoms with E-state index >= 15 is 0 Å². The number of rotatable bonds is 71. The summed E-state index contributed by atoms with van der Waals surface area (Å²) >= 11 is 0. The lowest BCUT2D eigenvalue weighted by Gasteiger charge is -2.23. The van der Waals surface area contributed by atoms with E-state index in [9.17, 15) is 14.4 Å². The van der Waals surface area contributed by atoms with E-state index < -0.39 is 0 Å². The Kier molecular flexibility index (Phi) is 59.6. The zero-order valence-corrected chi connectivity index (χ0v) is 56.6. The molecule has 0 aliphatic rings. The van der Waals surface area contributed by atoms with Gasteiger partial charge < -0.3 is 76.8 Å². The number of ether oxygens (including phenoxy) is 12. The van der Waals surface area contributed by atoms with Gasteiger partial charge in [-0.25, -0.2) is 0 Å². The van der Waals surface area contributed by atoms with Gasteiger partial charge in [0.05, 0.1) is 139 Å². The van der Waals surface area contributed by atoms with E-state index in [0.29, 0.717) is 195 Å². The van der Waals surface area contributed by atoms with Crippen LogP contribution >= 0.6 is 0 Å². The maximum absolute atomic E-state index is 13.2. The van der Waals surface area contributed by atoms with Crippen LogP contribution < -0.4 is 15.4 Å². The highest BCUT2D eigenvalue weighted by atomic mass is 16.6. The minimum absolute atomic E-state index is 0.0923. The van der Waals surface area contributed by atoms with Gasteiger partial charge in [0.15, 0.2) is 0 Å².